The number of nitrogens with zero attached hydrogens (tertiary/aromatic N) is 1. The fraction of sp³-hybridized carbons (Fsp3) is 0.600. The number of nitrogens with one attached hydrogen (secondary N) is 1. The summed E-state index contributed by atoms with van der Waals surface area (Å²) in [6.45, 7) is 6.03. The number of nitro groups is 1. The zero-order chi connectivity index (χ0) is 14.0. The van der Waals surface area contributed by atoms with E-state index >= 15 is 0 Å². The van der Waals surface area contributed by atoms with Crippen molar-refractivity contribution in [2.45, 2.75) is 52.5 Å². The molecule has 0 saturated heterocycles. The molecule has 1 saturated carbocycles. The Morgan fingerprint density at radius 3 is 2.63 bits per heavy atom. The predicted molar refractivity (Wildman–Crippen MR) is 77.6 cm³/mol. The van der Waals surface area contributed by atoms with Crippen LogP contribution in [0.3, 0.4) is 0 Å². The summed E-state index contributed by atoms with van der Waals surface area (Å²) in [4.78, 5) is 10.7. The van der Waals surface area contributed by atoms with Crippen LogP contribution in [0.1, 0.15) is 43.7 Å². The number of hydrogen-bond donors (Lipinski definition) is 1. The van der Waals surface area contributed by atoms with Gasteiger partial charge in [-0.2, -0.15) is 0 Å². The maximum Gasteiger partial charge on any atom is 0.274 e. The van der Waals surface area contributed by atoms with Gasteiger partial charge in [0.1, 0.15) is 0 Å². The average molecular weight is 262 g/mol. The Morgan fingerprint density at radius 1 is 1.32 bits per heavy atom. The zero-order valence-electron chi connectivity index (χ0n) is 11.9. The molecule has 0 radical (unpaired) electrons. The molecule has 1 aromatic rings. The zero-order valence-corrected chi connectivity index (χ0v) is 11.9. The molecule has 0 aliphatic heterocycles. The number of anilines is 1. The fourth-order valence-corrected chi connectivity index (χ4v) is 2.99. The summed E-state index contributed by atoms with van der Waals surface area (Å²) in [5, 5.41) is 14.5. The molecule has 104 valence electrons. The highest BCUT2D eigenvalue weighted by molar-refractivity contribution is 5.60. The standard InChI is InChI=1S/C15H22N2O2/c1-4-12-5-6-13(8-12)16-14-9-15(17(18)19)11(3)7-10(14)2/h7,9,12-13,16H,4-6,8H2,1-3H3. The molecule has 2 unspecified atom stereocenters. The topological polar surface area (TPSA) is 55.2 Å². The minimum Gasteiger partial charge on any atom is -0.382 e. The normalized spacial score (nSPS) is 22.5. The van der Waals surface area contributed by atoms with E-state index in [1.807, 2.05) is 13.0 Å². The van der Waals surface area contributed by atoms with Crippen LogP contribution in [0.15, 0.2) is 12.1 Å². The molecular weight excluding hydrogens is 240 g/mol. The van der Waals surface area contributed by atoms with Crippen LogP contribution < -0.4 is 5.32 Å². The van der Waals surface area contributed by atoms with Crippen molar-refractivity contribution in [1.82, 2.24) is 0 Å². The Labute approximate surface area is 114 Å². The lowest BCUT2D eigenvalue weighted by molar-refractivity contribution is -0.385. The first-order chi connectivity index (χ1) is 9.01. The number of hydrogen-bond acceptors (Lipinski definition) is 3. The van der Waals surface area contributed by atoms with Crippen molar-refractivity contribution in [3.05, 3.63) is 33.4 Å². The van der Waals surface area contributed by atoms with E-state index < -0.39 is 0 Å². The summed E-state index contributed by atoms with van der Waals surface area (Å²) >= 11 is 0. The summed E-state index contributed by atoms with van der Waals surface area (Å²) < 4.78 is 0. The Hall–Kier alpha value is -1.58. The number of rotatable bonds is 4. The van der Waals surface area contributed by atoms with Crippen molar-refractivity contribution in [3.63, 3.8) is 0 Å². The molecule has 1 aliphatic rings. The van der Waals surface area contributed by atoms with Crippen LogP contribution in [-0.4, -0.2) is 11.0 Å². The number of aryl methyl sites for hydroxylation is 2. The van der Waals surface area contributed by atoms with Crippen molar-refractivity contribution in [1.29, 1.82) is 0 Å². The molecule has 2 rings (SSSR count). The van der Waals surface area contributed by atoms with E-state index in [4.69, 9.17) is 0 Å². The molecule has 1 fully saturated rings. The molecule has 0 spiro atoms. The quantitative estimate of drug-likeness (QED) is 0.653. The van der Waals surface area contributed by atoms with Gasteiger partial charge in [-0.25, -0.2) is 0 Å². The van der Waals surface area contributed by atoms with Crippen molar-refractivity contribution in [3.8, 4) is 0 Å². The predicted octanol–water partition coefficient (Wildman–Crippen LogP) is 4.20. The van der Waals surface area contributed by atoms with Gasteiger partial charge in [0.2, 0.25) is 0 Å². The van der Waals surface area contributed by atoms with Gasteiger partial charge in [0.25, 0.3) is 5.69 Å². The fourth-order valence-electron chi connectivity index (χ4n) is 2.99. The highest BCUT2D eigenvalue weighted by atomic mass is 16.6. The van der Waals surface area contributed by atoms with Gasteiger partial charge >= 0.3 is 0 Å². The summed E-state index contributed by atoms with van der Waals surface area (Å²) in [5.41, 5.74) is 2.94. The third kappa shape index (κ3) is 3.06. The lowest BCUT2D eigenvalue weighted by atomic mass is 10.0. The van der Waals surface area contributed by atoms with Crippen LogP contribution in [0.4, 0.5) is 11.4 Å². The van der Waals surface area contributed by atoms with Gasteiger partial charge in [-0.1, -0.05) is 13.3 Å². The van der Waals surface area contributed by atoms with Crippen LogP contribution in [0.2, 0.25) is 0 Å². The second kappa shape index (κ2) is 5.59. The van der Waals surface area contributed by atoms with Gasteiger partial charge < -0.3 is 5.32 Å². The molecule has 0 aromatic heterocycles. The first-order valence-electron chi connectivity index (χ1n) is 7.03. The molecule has 1 N–H and O–H groups in total. The van der Waals surface area contributed by atoms with Crippen LogP contribution in [-0.2, 0) is 0 Å². The lowest BCUT2D eigenvalue weighted by Crippen LogP contribution is -2.16. The second-order valence-corrected chi connectivity index (χ2v) is 5.64. The third-order valence-corrected chi connectivity index (χ3v) is 4.22. The molecule has 2 atom stereocenters. The molecule has 19 heavy (non-hydrogen) atoms. The van der Waals surface area contributed by atoms with E-state index in [0.717, 1.165) is 22.7 Å². The highest BCUT2D eigenvalue weighted by Gasteiger charge is 2.24. The summed E-state index contributed by atoms with van der Waals surface area (Å²) in [7, 11) is 0. The molecule has 1 aromatic carbocycles. The van der Waals surface area contributed by atoms with Gasteiger partial charge in [0, 0.05) is 23.4 Å². The number of nitro benzene ring substituents is 1. The molecule has 4 nitrogen and oxygen atoms in total. The van der Waals surface area contributed by atoms with Gasteiger partial charge in [-0.3, -0.25) is 10.1 Å². The van der Waals surface area contributed by atoms with Crippen LogP contribution in [0, 0.1) is 29.9 Å². The minimum absolute atomic E-state index is 0.207. The minimum atomic E-state index is -0.302. The summed E-state index contributed by atoms with van der Waals surface area (Å²) in [6.07, 6.45) is 4.84. The van der Waals surface area contributed by atoms with E-state index in [-0.39, 0.29) is 10.6 Å². The monoisotopic (exact) mass is 262 g/mol. The Kier molecular flexibility index (Phi) is 4.08. The van der Waals surface area contributed by atoms with Crippen LogP contribution in [0.5, 0.6) is 0 Å². The first kappa shape index (κ1) is 13.8. The Morgan fingerprint density at radius 2 is 2.05 bits per heavy atom. The van der Waals surface area contributed by atoms with Crippen LogP contribution in [0.25, 0.3) is 0 Å². The number of benzene rings is 1. The summed E-state index contributed by atoms with van der Waals surface area (Å²) in [5.74, 6) is 0.804. The van der Waals surface area contributed by atoms with E-state index in [9.17, 15) is 10.1 Å². The van der Waals surface area contributed by atoms with Crippen LogP contribution >= 0.6 is 0 Å². The van der Waals surface area contributed by atoms with Gasteiger partial charge in [0.05, 0.1) is 4.92 Å². The summed E-state index contributed by atoms with van der Waals surface area (Å²) in [6, 6.07) is 4.04. The van der Waals surface area contributed by atoms with E-state index in [0.29, 0.717) is 6.04 Å². The van der Waals surface area contributed by atoms with Crippen molar-refractivity contribution < 1.29 is 4.92 Å². The maximum atomic E-state index is 11.0. The van der Waals surface area contributed by atoms with E-state index in [1.165, 1.54) is 25.7 Å². The Balaban J connectivity index is 2.16. The largest absolute Gasteiger partial charge is 0.382 e. The molecule has 1 aliphatic carbocycles. The second-order valence-electron chi connectivity index (χ2n) is 5.64. The van der Waals surface area contributed by atoms with E-state index in [1.54, 1.807) is 13.0 Å². The molecule has 0 amide bonds. The molecule has 0 heterocycles. The smallest absolute Gasteiger partial charge is 0.274 e. The van der Waals surface area contributed by atoms with Crippen molar-refractivity contribution >= 4 is 11.4 Å². The van der Waals surface area contributed by atoms with Gasteiger partial charge in [0.15, 0.2) is 0 Å². The van der Waals surface area contributed by atoms with Gasteiger partial charge in [-0.05, 0) is 50.7 Å². The Bertz CT molecular complexity index is 485. The third-order valence-electron chi connectivity index (χ3n) is 4.22. The van der Waals surface area contributed by atoms with Crippen molar-refractivity contribution in [2.24, 2.45) is 5.92 Å². The van der Waals surface area contributed by atoms with E-state index in [2.05, 4.69) is 12.2 Å². The molecular formula is C15H22N2O2. The van der Waals surface area contributed by atoms with Crippen molar-refractivity contribution in [2.75, 3.05) is 5.32 Å². The highest BCUT2D eigenvalue weighted by Crippen LogP contribution is 2.32. The molecule has 0 bridgehead atoms. The van der Waals surface area contributed by atoms with Gasteiger partial charge in [-0.15, -0.1) is 0 Å². The molecule has 4 heteroatoms. The SMILES string of the molecule is CCC1CCC(Nc2cc([N+](=O)[O-])c(C)cc2C)C1. The maximum absolute atomic E-state index is 11.0. The first-order valence-corrected chi connectivity index (χ1v) is 7.03. The lowest BCUT2D eigenvalue weighted by Gasteiger charge is -2.17. The average Bonchev–Trinajstić information content (AvgIpc) is 2.80.